The molecule has 1 amide bonds. The second kappa shape index (κ2) is 26.4. The van der Waals surface area contributed by atoms with Gasteiger partial charge in [-0.15, -0.1) is 45.1 Å². The van der Waals surface area contributed by atoms with Crippen molar-refractivity contribution < 1.29 is 14.7 Å². The van der Waals surface area contributed by atoms with Crippen molar-refractivity contribution in [1.82, 2.24) is 15.1 Å². The molecular weight excluding hydrogens is 787 g/mol. The summed E-state index contributed by atoms with van der Waals surface area (Å²) in [6.07, 6.45) is 47.7. The van der Waals surface area contributed by atoms with Gasteiger partial charge in [0.25, 0.3) is 0 Å². The Kier molecular flexibility index (Phi) is 23.3. The summed E-state index contributed by atoms with van der Waals surface area (Å²) in [6.45, 7) is 29.7. The second-order valence-corrected chi connectivity index (χ2v) is 20.0. The van der Waals surface area contributed by atoms with E-state index >= 15 is 0 Å². The molecule has 4 unspecified atom stereocenters. The summed E-state index contributed by atoms with van der Waals surface area (Å²) in [5.41, 5.74) is 4.12. The topological polar surface area (TPSA) is 72.9 Å². The van der Waals surface area contributed by atoms with Crippen LogP contribution in [0, 0.1) is 90.3 Å². The lowest BCUT2D eigenvalue weighted by Crippen LogP contribution is -2.64. The van der Waals surface area contributed by atoms with Crippen molar-refractivity contribution in [2.45, 2.75) is 164 Å². The minimum atomic E-state index is -0.852. The molecular formula is C58H91N3O3. The van der Waals surface area contributed by atoms with Gasteiger partial charge in [-0.3, -0.25) is 9.69 Å². The van der Waals surface area contributed by atoms with Gasteiger partial charge in [0.15, 0.2) is 0 Å². The number of amides is 1. The fourth-order valence-electron chi connectivity index (χ4n) is 14.7. The lowest BCUT2D eigenvalue weighted by molar-refractivity contribution is -0.172. The standard InChI is InChI=1S/C45H67N3O3.C3H6.2C2H6.3C2H2/c1-42(2)35(32-11-13-33(14-12-32)41(50)51)17-21-44(4)38(42)19-22-43(3)36-18-23-45(20-7-10-37(45)34(36)15-16-39(43)44)46-24-25-47-26-28-48(29-27-47)40(49)30-31-8-5-6-9-31;1-3-2;5*1-2/h11-14,17,31,34,36-39,46H,5-10,15-16,18-30H2,1-4H3,(H,50,51);3H,1H2,2H3;2*1-2H3;3*1-2H/t34-,36?,37?,38?,39?,43-,44-,45-;;;;;;/m0....../s1. The molecule has 64 heavy (non-hydrogen) atoms. The van der Waals surface area contributed by atoms with Crippen molar-refractivity contribution in [3.8, 4) is 38.5 Å². The molecule has 0 aromatic heterocycles. The van der Waals surface area contributed by atoms with E-state index in [9.17, 15) is 14.7 Å². The maximum absolute atomic E-state index is 12.9. The van der Waals surface area contributed by atoms with Gasteiger partial charge in [-0.05, 0) is 153 Å². The van der Waals surface area contributed by atoms with E-state index in [0.717, 1.165) is 75.8 Å². The Hall–Kier alpha value is -3.76. The van der Waals surface area contributed by atoms with Crippen LogP contribution < -0.4 is 5.32 Å². The van der Waals surface area contributed by atoms with Gasteiger partial charge in [0.1, 0.15) is 0 Å². The van der Waals surface area contributed by atoms with Crippen molar-refractivity contribution in [1.29, 1.82) is 0 Å². The van der Waals surface area contributed by atoms with E-state index in [-0.39, 0.29) is 5.41 Å². The van der Waals surface area contributed by atoms with Crippen LogP contribution in [0.5, 0.6) is 0 Å². The molecule has 2 N–H and O–H groups in total. The van der Waals surface area contributed by atoms with E-state index in [1.165, 1.54) is 94.6 Å². The van der Waals surface area contributed by atoms with Crippen LogP contribution in [0.15, 0.2) is 43.0 Å². The number of nitrogens with zero attached hydrogens (tertiary/aromatic N) is 2. The third-order valence-corrected chi connectivity index (χ3v) is 17.1. The highest BCUT2D eigenvalue weighted by Gasteiger charge is 2.65. The number of hydrogen-bond donors (Lipinski definition) is 2. The Morgan fingerprint density at radius 1 is 0.750 bits per heavy atom. The second-order valence-electron chi connectivity index (χ2n) is 20.0. The van der Waals surface area contributed by atoms with Gasteiger partial charge in [0.05, 0.1) is 5.56 Å². The highest BCUT2D eigenvalue weighted by atomic mass is 16.4. The summed E-state index contributed by atoms with van der Waals surface area (Å²) in [5.74, 6) is 4.14. The normalized spacial score (nSPS) is 31.9. The van der Waals surface area contributed by atoms with Gasteiger partial charge in [-0.1, -0.05) is 98.9 Å². The number of carboxylic acid groups (broad SMARTS) is 1. The van der Waals surface area contributed by atoms with Crippen LogP contribution in [-0.4, -0.2) is 71.6 Å². The number of rotatable bonds is 8. The molecule has 1 aliphatic heterocycles. The Balaban J connectivity index is 0.000000991. The van der Waals surface area contributed by atoms with Crippen molar-refractivity contribution in [2.75, 3.05) is 39.3 Å². The van der Waals surface area contributed by atoms with E-state index in [4.69, 9.17) is 0 Å². The van der Waals surface area contributed by atoms with E-state index in [2.05, 4.69) is 94.0 Å². The highest BCUT2D eigenvalue weighted by Crippen LogP contribution is 2.72. The third-order valence-electron chi connectivity index (χ3n) is 17.1. The van der Waals surface area contributed by atoms with Crippen LogP contribution in [-0.2, 0) is 4.79 Å². The first-order valence-electron chi connectivity index (χ1n) is 25.2. The lowest BCUT2D eigenvalue weighted by Gasteiger charge is -2.68. The maximum atomic E-state index is 12.9. The zero-order valence-corrected chi connectivity index (χ0v) is 42.1. The predicted octanol–water partition coefficient (Wildman–Crippen LogP) is 12.9. The zero-order chi connectivity index (χ0) is 48.3. The number of piperazine rings is 1. The fourth-order valence-corrected chi connectivity index (χ4v) is 14.7. The molecule has 356 valence electrons. The van der Waals surface area contributed by atoms with Gasteiger partial charge in [0, 0.05) is 51.2 Å². The molecule has 8 atom stereocenters. The van der Waals surface area contributed by atoms with Gasteiger partial charge in [-0.2, -0.15) is 0 Å². The molecule has 1 aromatic rings. The molecule has 0 bridgehead atoms. The molecule has 0 spiro atoms. The Morgan fingerprint density at radius 2 is 1.34 bits per heavy atom. The minimum Gasteiger partial charge on any atom is -0.478 e. The van der Waals surface area contributed by atoms with Crippen LogP contribution in [0.25, 0.3) is 5.57 Å². The SMILES string of the molecule is C#C.C#C.C#C.C=CC.CC.CC.CC1(C)C(c2ccc(C(=O)O)cc2)=CC[C@@]2(C)C1CC[C@@]1(C)C3CC[C@@]4(NCCN5CCN(C(=O)CC6CCCC6)CC5)CCCC4[C@H]3CCC12. The summed E-state index contributed by atoms with van der Waals surface area (Å²) in [4.78, 5) is 29.2. The molecule has 8 rings (SSSR count). The Morgan fingerprint density at radius 3 is 1.92 bits per heavy atom. The number of fused-ring (bicyclic) bond motifs is 7. The van der Waals surface area contributed by atoms with E-state index in [1.54, 1.807) is 18.2 Å². The van der Waals surface area contributed by atoms with E-state index < -0.39 is 5.97 Å². The first-order chi connectivity index (χ1) is 30.9. The fraction of sp³-hybridized carbons (Fsp3) is 0.690. The number of terminal acetylenes is 3. The molecule has 1 aromatic carbocycles. The van der Waals surface area contributed by atoms with Crippen LogP contribution in [0.3, 0.4) is 0 Å². The van der Waals surface area contributed by atoms with Crippen molar-refractivity contribution in [3.63, 3.8) is 0 Å². The van der Waals surface area contributed by atoms with Gasteiger partial charge in [0.2, 0.25) is 5.91 Å². The molecule has 5 saturated carbocycles. The predicted molar refractivity (Wildman–Crippen MR) is 274 cm³/mol. The summed E-state index contributed by atoms with van der Waals surface area (Å²) >= 11 is 0. The summed E-state index contributed by atoms with van der Waals surface area (Å²) in [6, 6.07) is 7.65. The van der Waals surface area contributed by atoms with Gasteiger partial charge < -0.3 is 15.3 Å². The van der Waals surface area contributed by atoms with Crippen molar-refractivity contribution in [3.05, 3.63) is 54.1 Å². The number of hydrogen-bond acceptors (Lipinski definition) is 4. The lowest BCUT2D eigenvalue weighted by atomic mass is 9.37. The zero-order valence-electron chi connectivity index (χ0n) is 42.1. The number of allylic oxidation sites excluding steroid dienone is 3. The number of nitrogens with one attached hydrogen (secondary N) is 1. The molecule has 7 aliphatic rings. The molecule has 6 heteroatoms. The average Bonchev–Trinajstić information content (AvgIpc) is 4.01. The quantitative estimate of drug-likeness (QED) is 0.201. The average molecular weight is 878 g/mol. The van der Waals surface area contributed by atoms with Crippen LogP contribution >= 0.6 is 0 Å². The summed E-state index contributed by atoms with van der Waals surface area (Å²) in [5, 5.41) is 13.7. The van der Waals surface area contributed by atoms with Crippen LogP contribution in [0.2, 0.25) is 0 Å². The third kappa shape index (κ3) is 12.0. The number of aromatic carboxylic acids is 1. The Labute approximate surface area is 393 Å². The number of benzene rings is 1. The largest absolute Gasteiger partial charge is 0.478 e. The molecule has 6 fully saturated rings. The van der Waals surface area contributed by atoms with Crippen LogP contribution in [0.4, 0.5) is 0 Å². The van der Waals surface area contributed by atoms with Gasteiger partial charge in [-0.25, -0.2) is 4.79 Å². The summed E-state index contributed by atoms with van der Waals surface area (Å²) < 4.78 is 0. The first-order valence-corrected chi connectivity index (χ1v) is 25.2. The van der Waals surface area contributed by atoms with Crippen molar-refractivity contribution >= 4 is 17.4 Å². The van der Waals surface area contributed by atoms with E-state index in [1.807, 2.05) is 46.8 Å². The highest BCUT2D eigenvalue weighted by molar-refractivity contribution is 5.88. The number of carbonyl (C=O) groups excluding carboxylic acids is 1. The van der Waals surface area contributed by atoms with Gasteiger partial charge >= 0.3 is 5.97 Å². The summed E-state index contributed by atoms with van der Waals surface area (Å²) in [7, 11) is 0. The van der Waals surface area contributed by atoms with Crippen LogP contribution in [0.1, 0.15) is 175 Å². The first kappa shape index (κ1) is 56.4. The molecule has 1 saturated heterocycles. The molecule has 6 aliphatic carbocycles. The smallest absolute Gasteiger partial charge is 0.335 e. The molecule has 0 radical (unpaired) electrons. The van der Waals surface area contributed by atoms with Crippen molar-refractivity contribution in [2.24, 2.45) is 51.8 Å². The molecule has 1 heterocycles. The Bertz CT molecular complexity index is 1660. The maximum Gasteiger partial charge on any atom is 0.335 e. The number of carboxylic acids is 1. The number of carbonyl (C=O) groups is 2. The molecule has 6 nitrogen and oxygen atoms in total. The minimum absolute atomic E-state index is 0.0602. The van der Waals surface area contributed by atoms with E-state index in [0.29, 0.717) is 39.7 Å². The monoisotopic (exact) mass is 878 g/mol.